The zero-order chi connectivity index (χ0) is 25.3. The minimum Gasteiger partial charge on any atom is -0.381 e. The van der Waals surface area contributed by atoms with Crippen molar-refractivity contribution in [3.63, 3.8) is 0 Å². The normalized spacial score (nSPS) is 25.8. The summed E-state index contributed by atoms with van der Waals surface area (Å²) in [5, 5.41) is 2.46. The lowest BCUT2D eigenvalue weighted by molar-refractivity contribution is -0.130. The smallest absolute Gasteiger partial charge is 0.230 e. The minimum atomic E-state index is -3.66. The lowest BCUT2D eigenvalue weighted by Gasteiger charge is -2.38. The number of ether oxygens (including phenoxy) is 1. The molecule has 194 valence electrons. The fourth-order valence-electron chi connectivity index (χ4n) is 5.59. The van der Waals surface area contributed by atoms with E-state index in [1.807, 2.05) is 37.3 Å². The van der Waals surface area contributed by atoms with Gasteiger partial charge < -0.3 is 10.1 Å². The number of rotatable bonds is 7. The fourth-order valence-corrected chi connectivity index (χ4v) is 7.78. The molecular formula is C28H35FN2O4S. The van der Waals surface area contributed by atoms with Crippen molar-refractivity contribution in [1.82, 2.24) is 9.62 Å². The quantitative estimate of drug-likeness (QED) is 0.592. The molecule has 2 saturated heterocycles. The van der Waals surface area contributed by atoms with E-state index in [9.17, 15) is 13.2 Å². The van der Waals surface area contributed by atoms with E-state index >= 15 is 4.39 Å². The Morgan fingerprint density at radius 2 is 1.81 bits per heavy atom. The summed E-state index contributed by atoms with van der Waals surface area (Å²) >= 11 is 0. The zero-order valence-electron chi connectivity index (χ0n) is 20.8. The molecule has 2 heterocycles. The molecule has 5 rings (SSSR count). The van der Waals surface area contributed by atoms with Crippen molar-refractivity contribution in [2.75, 3.05) is 19.8 Å². The summed E-state index contributed by atoms with van der Waals surface area (Å²) in [6, 6.07) is 13.9. The predicted octanol–water partition coefficient (Wildman–Crippen LogP) is 4.46. The molecule has 1 aliphatic carbocycles. The predicted molar refractivity (Wildman–Crippen MR) is 136 cm³/mol. The third-order valence-electron chi connectivity index (χ3n) is 8.16. The molecule has 3 fully saturated rings. The minimum absolute atomic E-state index is 0.0249. The second kappa shape index (κ2) is 10.2. The van der Waals surface area contributed by atoms with E-state index in [-0.39, 0.29) is 18.5 Å². The van der Waals surface area contributed by atoms with Crippen LogP contribution in [0.3, 0.4) is 0 Å². The first kappa shape index (κ1) is 25.4. The summed E-state index contributed by atoms with van der Waals surface area (Å²) in [7, 11) is -3.66. The number of carbonyl (C=O) groups is 1. The van der Waals surface area contributed by atoms with Gasteiger partial charge in [0.05, 0.1) is 5.41 Å². The first-order valence-electron chi connectivity index (χ1n) is 13.0. The van der Waals surface area contributed by atoms with Crippen molar-refractivity contribution in [1.29, 1.82) is 0 Å². The summed E-state index contributed by atoms with van der Waals surface area (Å²) in [4.78, 5) is 13.3. The van der Waals surface area contributed by atoms with Crippen LogP contribution in [0.15, 0.2) is 48.5 Å². The summed E-state index contributed by atoms with van der Waals surface area (Å²) in [5.41, 5.74) is 0.902. The van der Waals surface area contributed by atoms with Gasteiger partial charge in [0.25, 0.3) is 0 Å². The second-order valence-corrected chi connectivity index (χ2v) is 12.6. The number of nitrogens with one attached hydrogen (secondary N) is 1. The van der Waals surface area contributed by atoms with E-state index in [0.717, 1.165) is 18.4 Å². The topological polar surface area (TPSA) is 75.7 Å². The van der Waals surface area contributed by atoms with Crippen molar-refractivity contribution >= 4 is 15.9 Å². The number of benzene rings is 2. The summed E-state index contributed by atoms with van der Waals surface area (Å²) < 4.78 is 49.6. The van der Waals surface area contributed by atoms with Gasteiger partial charge in [0.2, 0.25) is 15.9 Å². The van der Waals surface area contributed by atoms with Gasteiger partial charge in [-0.25, -0.2) is 12.8 Å². The number of nitrogens with zero attached hydrogens (tertiary/aromatic N) is 1. The van der Waals surface area contributed by atoms with Crippen molar-refractivity contribution in [2.45, 2.75) is 68.7 Å². The monoisotopic (exact) mass is 514 g/mol. The molecule has 2 aromatic carbocycles. The van der Waals surface area contributed by atoms with Crippen LogP contribution in [0.2, 0.25) is 0 Å². The van der Waals surface area contributed by atoms with Crippen LogP contribution in [0.4, 0.5) is 4.39 Å². The number of hydrogen-bond acceptors (Lipinski definition) is 4. The maximum Gasteiger partial charge on any atom is 0.230 e. The van der Waals surface area contributed by atoms with Crippen molar-refractivity contribution in [3.05, 3.63) is 71.0 Å². The molecule has 0 radical (unpaired) electrons. The Morgan fingerprint density at radius 1 is 1.08 bits per heavy atom. The van der Waals surface area contributed by atoms with Gasteiger partial charge in [0, 0.05) is 37.9 Å². The highest BCUT2D eigenvalue weighted by Crippen LogP contribution is 2.40. The molecule has 0 bridgehead atoms. The first-order chi connectivity index (χ1) is 17.3. The zero-order valence-corrected chi connectivity index (χ0v) is 21.6. The number of hydrogen-bond donors (Lipinski definition) is 1. The molecule has 3 aliphatic rings. The van der Waals surface area contributed by atoms with Crippen LogP contribution in [0.1, 0.15) is 67.4 Å². The van der Waals surface area contributed by atoms with Crippen LogP contribution in [0.5, 0.6) is 0 Å². The second-order valence-electron chi connectivity index (χ2n) is 10.6. The van der Waals surface area contributed by atoms with E-state index in [1.165, 1.54) is 10.4 Å². The molecule has 2 atom stereocenters. The Morgan fingerprint density at radius 3 is 2.47 bits per heavy atom. The van der Waals surface area contributed by atoms with Crippen molar-refractivity contribution in [3.8, 4) is 0 Å². The molecule has 36 heavy (non-hydrogen) atoms. The van der Waals surface area contributed by atoms with E-state index in [4.69, 9.17) is 4.74 Å². The number of halogens is 1. The molecule has 6 nitrogen and oxygen atoms in total. The van der Waals surface area contributed by atoms with Crippen LogP contribution in [-0.2, 0) is 31.5 Å². The molecule has 2 aromatic rings. The van der Waals surface area contributed by atoms with E-state index < -0.39 is 26.5 Å². The van der Waals surface area contributed by atoms with Crippen LogP contribution in [-0.4, -0.2) is 44.4 Å². The molecule has 1 N–H and O–H groups in total. The highest BCUT2D eigenvalue weighted by molar-refractivity contribution is 7.89. The van der Waals surface area contributed by atoms with Crippen LogP contribution in [0, 0.1) is 11.7 Å². The third kappa shape index (κ3) is 4.95. The highest BCUT2D eigenvalue weighted by atomic mass is 32.2. The van der Waals surface area contributed by atoms with Gasteiger partial charge in [-0.2, -0.15) is 4.31 Å². The van der Waals surface area contributed by atoms with Gasteiger partial charge in [-0.15, -0.1) is 0 Å². The average Bonchev–Trinajstić information content (AvgIpc) is 3.71. The van der Waals surface area contributed by atoms with E-state index in [0.29, 0.717) is 62.5 Å². The summed E-state index contributed by atoms with van der Waals surface area (Å²) in [6.45, 7) is 3.42. The standard InChI is InChI=1S/C28H35FN2O4S/c1-20-7-12-26(22-5-3-2-4-6-22)36(33,34)31(20)19-23-10-11-24(17-25(23)29)28(13-15-35-16-14-28)27(32)30-18-21-8-9-21/h2-6,10-11,17,20-21,26H,7-9,12-16,18-19H2,1H3,(H,30,32)/t20-,26+/m0/s1. The maximum absolute atomic E-state index is 15.5. The summed E-state index contributed by atoms with van der Waals surface area (Å²) in [6.07, 6.45) is 4.54. The lowest BCUT2D eigenvalue weighted by Crippen LogP contribution is -2.48. The van der Waals surface area contributed by atoms with Gasteiger partial charge in [0.15, 0.2) is 0 Å². The molecule has 1 amide bonds. The molecule has 0 unspecified atom stereocenters. The van der Waals surface area contributed by atoms with Gasteiger partial charge >= 0.3 is 0 Å². The Balaban J connectivity index is 1.39. The largest absolute Gasteiger partial charge is 0.381 e. The Kier molecular flexibility index (Phi) is 7.21. The molecular weight excluding hydrogens is 479 g/mol. The van der Waals surface area contributed by atoms with Crippen LogP contribution >= 0.6 is 0 Å². The Bertz CT molecular complexity index is 1190. The molecule has 0 spiro atoms. The highest BCUT2D eigenvalue weighted by Gasteiger charge is 2.43. The van der Waals surface area contributed by atoms with Gasteiger partial charge in [0.1, 0.15) is 11.1 Å². The summed E-state index contributed by atoms with van der Waals surface area (Å²) in [5.74, 6) is 0.0125. The molecule has 1 saturated carbocycles. The average molecular weight is 515 g/mol. The Hall–Kier alpha value is -2.29. The molecule has 2 aliphatic heterocycles. The van der Waals surface area contributed by atoms with Crippen LogP contribution < -0.4 is 5.32 Å². The van der Waals surface area contributed by atoms with E-state index in [1.54, 1.807) is 12.1 Å². The molecule has 8 heteroatoms. The lowest BCUT2D eigenvalue weighted by atomic mass is 9.73. The number of carbonyl (C=O) groups excluding carboxylic acids is 1. The Labute approximate surface area is 213 Å². The van der Waals surface area contributed by atoms with Crippen molar-refractivity contribution < 1.29 is 22.3 Å². The van der Waals surface area contributed by atoms with Gasteiger partial charge in [-0.1, -0.05) is 42.5 Å². The number of sulfonamides is 1. The third-order valence-corrected chi connectivity index (χ3v) is 10.5. The fraction of sp³-hybridized carbons (Fsp3) is 0.536. The van der Waals surface area contributed by atoms with E-state index in [2.05, 4.69) is 5.32 Å². The molecule has 0 aromatic heterocycles. The maximum atomic E-state index is 15.5. The van der Waals surface area contributed by atoms with Crippen molar-refractivity contribution in [2.24, 2.45) is 5.92 Å². The van der Waals surface area contributed by atoms with Gasteiger partial charge in [-0.3, -0.25) is 4.79 Å². The number of amides is 1. The first-order valence-corrected chi connectivity index (χ1v) is 14.5. The van der Waals surface area contributed by atoms with Crippen LogP contribution in [0.25, 0.3) is 0 Å². The SMILES string of the molecule is C[C@H]1CC[C@H](c2ccccc2)S(=O)(=O)N1Cc1ccc(C2(C(=O)NCC3CC3)CCOCC2)cc1F. The van der Waals surface area contributed by atoms with Gasteiger partial charge in [-0.05, 0) is 68.6 Å².